The summed E-state index contributed by atoms with van der Waals surface area (Å²) in [5.74, 6) is 0.236. The van der Waals surface area contributed by atoms with Crippen LogP contribution in [0.15, 0.2) is 30.6 Å². The highest BCUT2D eigenvalue weighted by Gasteiger charge is 2.27. The second kappa shape index (κ2) is 8.89. The number of tetrazole rings is 1. The number of carbonyl (C=O) groups is 1. The van der Waals surface area contributed by atoms with Gasteiger partial charge in [-0.2, -0.15) is 0 Å². The van der Waals surface area contributed by atoms with Gasteiger partial charge in [-0.25, -0.2) is 4.68 Å². The highest BCUT2D eigenvalue weighted by molar-refractivity contribution is 5.76. The number of aryl methyl sites for hydroxylation is 1. The molecule has 26 heavy (non-hydrogen) atoms. The maximum atomic E-state index is 12.8. The summed E-state index contributed by atoms with van der Waals surface area (Å²) in [6.45, 7) is 2.47. The molecule has 0 unspecified atom stereocenters. The summed E-state index contributed by atoms with van der Waals surface area (Å²) in [6, 6.07) is 8.96. The number of nitrogens with zero attached hydrogens (tertiary/aromatic N) is 6. The molecule has 0 aliphatic carbocycles. The molecule has 3 rings (SSSR count). The van der Waals surface area contributed by atoms with Gasteiger partial charge in [0, 0.05) is 26.1 Å². The molecule has 1 aromatic carbocycles. The minimum Gasteiger partial charge on any atom is -0.336 e. The summed E-state index contributed by atoms with van der Waals surface area (Å²) < 4.78 is 1.67. The quantitative estimate of drug-likeness (QED) is 0.761. The highest BCUT2D eigenvalue weighted by Crippen LogP contribution is 2.31. The first kappa shape index (κ1) is 18.5. The molecule has 7 heteroatoms. The van der Waals surface area contributed by atoms with Crippen molar-refractivity contribution in [3.63, 3.8) is 0 Å². The molecule has 1 aliphatic rings. The predicted molar refractivity (Wildman–Crippen MR) is 99.2 cm³/mol. The molecule has 0 N–H and O–H groups in total. The van der Waals surface area contributed by atoms with Gasteiger partial charge in [0.25, 0.3) is 0 Å². The summed E-state index contributed by atoms with van der Waals surface area (Å²) in [4.78, 5) is 17.0. The van der Waals surface area contributed by atoms with Crippen LogP contribution in [0.2, 0.25) is 0 Å². The minimum atomic E-state index is 0.206. The Bertz CT molecular complexity index is 683. The Morgan fingerprint density at radius 3 is 2.73 bits per heavy atom. The number of aromatic nitrogens is 4. The summed E-state index contributed by atoms with van der Waals surface area (Å²) in [6.07, 6.45) is 6.20. The van der Waals surface area contributed by atoms with Crippen LogP contribution in [0.5, 0.6) is 0 Å². The number of hydrogen-bond acceptors (Lipinski definition) is 5. The first-order valence-electron chi connectivity index (χ1n) is 9.37. The molecular formula is C19H28N6O. The molecule has 1 fully saturated rings. The van der Waals surface area contributed by atoms with Crippen LogP contribution in [0, 0.1) is 0 Å². The Morgan fingerprint density at radius 1 is 1.23 bits per heavy atom. The van der Waals surface area contributed by atoms with E-state index in [2.05, 4.69) is 63.7 Å². The van der Waals surface area contributed by atoms with E-state index in [1.807, 2.05) is 0 Å². The number of rotatable bonds is 7. The van der Waals surface area contributed by atoms with Gasteiger partial charge in [0.05, 0.1) is 6.04 Å². The van der Waals surface area contributed by atoms with Gasteiger partial charge in [0.1, 0.15) is 6.33 Å². The maximum Gasteiger partial charge on any atom is 0.223 e. The van der Waals surface area contributed by atoms with Crippen LogP contribution in [0.1, 0.15) is 49.3 Å². The molecule has 2 aromatic rings. The lowest BCUT2D eigenvalue weighted by Crippen LogP contribution is -2.38. The lowest BCUT2D eigenvalue weighted by atomic mass is 9.94. The molecule has 1 amide bonds. The average molecular weight is 356 g/mol. The minimum absolute atomic E-state index is 0.206. The second-order valence-corrected chi connectivity index (χ2v) is 7.25. The summed E-state index contributed by atoms with van der Waals surface area (Å²) >= 11 is 0. The molecule has 0 bridgehead atoms. The molecule has 140 valence electrons. The molecule has 1 saturated heterocycles. The molecule has 2 heterocycles. The van der Waals surface area contributed by atoms with Gasteiger partial charge in [0.2, 0.25) is 5.91 Å². The van der Waals surface area contributed by atoms with Crippen molar-refractivity contribution < 1.29 is 4.79 Å². The molecule has 1 aliphatic heterocycles. The summed E-state index contributed by atoms with van der Waals surface area (Å²) in [7, 11) is 4.15. The zero-order chi connectivity index (χ0) is 18.4. The fourth-order valence-electron chi connectivity index (χ4n) is 3.61. The third-order valence-corrected chi connectivity index (χ3v) is 4.86. The van der Waals surface area contributed by atoms with E-state index in [-0.39, 0.29) is 11.9 Å². The van der Waals surface area contributed by atoms with E-state index in [1.165, 1.54) is 17.5 Å². The number of hydrogen-bond donors (Lipinski definition) is 0. The normalized spacial score (nSPS) is 17.7. The third kappa shape index (κ3) is 4.88. The van der Waals surface area contributed by atoms with Crippen LogP contribution in [0.25, 0.3) is 0 Å². The van der Waals surface area contributed by atoms with Crippen molar-refractivity contribution in [1.82, 2.24) is 30.0 Å². The Kier molecular flexibility index (Phi) is 6.33. The van der Waals surface area contributed by atoms with Crippen LogP contribution in [0.4, 0.5) is 0 Å². The second-order valence-electron chi connectivity index (χ2n) is 7.25. The monoisotopic (exact) mass is 356 g/mol. The maximum absolute atomic E-state index is 12.8. The van der Waals surface area contributed by atoms with Gasteiger partial charge >= 0.3 is 0 Å². The van der Waals surface area contributed by atoms with Gasteiger partial charge in [-0.1, -0.05) is 24.3 Å². The number of carbonyl (C=O) groups excluding carboxylic acids is 1. The van der Waals surface area contributed by atoms with Crippen molar-refractivity contribution in [2.24, 2.45) is 0 Å². The predicted octanol–water partition coefficient (Wildman–Crippen LogP) is 2.27. The molecule has 1 aromatic heterocycles. The van der Waals surface area contributed by atoms with E-state index < -0.39 is 0 Å². The van der Waals surface area contributed by atoms with Crippen LogP contribution >= 0.6 is 0 Å². The largest absolute Gasteiger partial charge is 0.336 e. The van der Waals surface area contributed by atoms with Crippen LogP contribution in [-0.4, -0.2) is 56.6 Å². The summed E-state index contributed by atoms with van der Waals surface area (Å²) in [5, 5.41) is 11.1. The van der Waals surface area contributed by atoms with E-state index in [9.17, 15) is 4.79 Å². The molecule has 7 nitrogen and oxygen atoms in total. The van der Waals surface area contributed by atoms with Gasteiger partial charge in [0.15, 0.2) is 0 Å². The van der Waals surface area contributed by atoms with Crippen LogP contribution in [0.3, 0.4) is 0 Å². The lowest BCUT2D eigenvalue weighted by molar-refractivity contribution is -0.135. The van der Waals surface area contributed by atoms with Crippen molar-refractivity contribution >= 4 is 5.91 Å². The topological polar surface area (TPSA) is 67.2 Å². The highest BCUT2D eigenvalue weighted by atomic mass is 16.2. The smallest absolute Gasteiger partial charge is 0.223 e. The standard InChI is InChI=1S/C19H28N6O/c1-23(2)14-16-8-10-17(11-9-16)18-6-3-4-13-25(18)19(26)7-5-12-24-15-20-21-22-24/h8-11,15,18H,3-7,12-14H2,1-2H3/t18-/m0/s1. The molecule has 0 saturated carbocycles. The first-order valence-corrected chi connectivity index (χ1v) is 9.37. The van der Waals surface area contributed by atoms with Crippen molar-refractivity contribution in [2.75, 3.05) is 20.6 Å². The Labute approximate surface area is 155 Å². The fourth-order valence-corrected chi connectivity index (χ4v) is 3.61. The van der Waals surface area contributed by atoms with Gasteiger partial charge in [-0.3, -0.25) is 4.79 Å². The number of likely N-dealkylation sites (tertiary alicyclic amines) is 1. The van der Waals surface area contributed by atoms with Gasteiger partial charge in [-0.05, 0) is 61.3 Å². The Balaban J connectivity index is 1.60. The summed E-state index contributed by atoms with van der Waals surface area (Å²) in [5.41, 5.74) is 2.55. The van der Waals surface area contributed by atoms with Crippen LogP contribution in [-0.2, 0) is 17.9 Å². The van der Waals surface area contributed by atoms with Crippen LogP contribution < -0.4 is 0 Å². The third-order valence-electron chi connectivity index (χ3n) is 4.86. The molecule has 0 spiro atoms. The molecule has 0 radical (unpaired) electrons. The molecule has 1 atom stereocenters. The SMILES string of the molecule is CN(C)Cc1ccc([C@@H]2CCCCN2C(=O)CCCn2cnnn2)cc1. The van der Waals surface area contributed by atoms with E-state index >= 15 is 0 Å². The number of amides is 1. The van der Waals surface area contributed by atoms with Crippen molar-refractivity contribution in [3.8, 4) is 0 Å². The van der Waals surface area contributed by atoms with Crippen molar-refractivity contribution in [2.45, 2.75) is 51.2 Å². The van der Waals surface area contributed by atoms with Crippen molar-refractivity contribution in [1.29, 1.82) is 0 Å². The van der Waals surface area contributed by atoms with Gasteiger partial charge in [-0.15, -0.1) is 5.10 Å². The zero-order valence-electron chi connectivity index (χ0n) is 15.7. The first-order chi connectivity index (χ1) is 12.6. The lowest BCUT2D eigenvalue weighted by Gasteiger charge is -2.36. The number of benzene rings is 1. The van der Waals surface area contributed by atoms with E-state index in [0.29, 0.717) is 13.0 Å². The Hall–Kier alpha value is -2.28. The Morgan fingerprint density at radius 2 is 2.04 bits per heavy atom. The van der Waals surface area contributed by atoms with E-state index in [0.717, 1.165) is 32.4 Å². The fraction of sp³-hybridized carbons (Fsp3) is 0.579. The van der Waals surface area contributed by atoms with E-state index in [4.69, 9.17) is 0 Å². The van der Waals surface area contributed by atoms with Crippen molar-refractivity contribution in [3.05, 3.63) is 41.7 Å². The zero-order valence-corrected chi connectivity index (χ0v) is 15.7. The average Bonchev–Trinajstić information content (AvgIpc) is 3.15. The number of piperidine rings is 1. The van der Waals surface area contributed by atoms with Gasteiger partial charge < -0.3 is 9.80 Å². The van der Waals surface area contributed by atoms with E-state index in [1.54, 1.807) is 11.0 Å². The molecular weight excluding hydrogens is 328 g/mol.